The van der Waals surface area contributed by atoms with Crippen LogP contribution in [0.15, 0.2) is 11.5 Å². The smallest absolute Gasteiger partial charge is 0.222 e. The number of hydrogen-bond acceptors (Lipinski definition) is 1. The quantitative estimate of drug-likeness (QED) is 0.400. The molecule has 0 aromatic carbocycles. The van der Waals surface area contributed by atoms with Gasteiger partial charge in [0.2, 0.25) is 5.44 Å². The molecule has 0 aromatic rings. The Morgan fingerprint density at radius 2 is 1.83 bits per heavy atom. The van der Waals surface area contributed by atoms with Crippen LogP contribution in [0.2, 0.25) is 0 Å². The van der Waals surface area contributed by atoms with Crippen LogP contribution in [0.5, 0.6) is 0 Å². The van der Waals surface area contributed by atoms with Gasteiger partial charge in [0.15, 0.2) is 0 Å². The molecule has 0 aliphatic carbocycles. The highest BCUT2D eigenvalue weighted by Gasteiger charge is 2.32. The van der Waals surface area contributed by atoms with Gasteiger partial charge in [-0.15, -0.1) is 0 Å². The Morgan fingerprint density at radius 3 is 2.44 bits per heavy atom. The molecule has 1 heterocycles. The van der Waals surface area contributed by atoms with Crippen molar-refractivity contribution in [2.45, 2.75) is 76.6 Å². The lowest BCUT2D eigenvalue weighted by molar-refractivity contribution is 0.172. The third-order valence-electron chi connectivity index (χ3n) is 3.80. The summed E-state index contributed by atoms with van der Waals surface area (Å²) in [7, 11) is 0.283. The molecular formula is C16H31OS+. The van der Waals surface area contributed by atoms with E-state index >= 15 is 0 Å². The van der Waals surface area contributed by atoms with E-state index in [1.807, 2.05) is 0 Å². The fraction of sp³-hybridized carbons (Fsp3) is 0.875. The zero-order chi connectivity index (χ0) is 13.2. The van der Waals surface area contributed by atoms with Crippen LogP contribution in [0, 0.1) is 0 Å². The van der Waals surface area contributed by atoms with Crippen LogP contribution in [0.1, 0.15) is 71.1 Å². The maximum Gasteiger partial charge on any atom is 0.222 e. The van der Waals surface area contributed by atoms with Crippen molar-refractivity contribution in [3.8, 4) is 0 Å². The van der Waals surface area contributed by atoms with Crippen molar-refractivity contribution < 1.29 is 4.74 Å². The van der Waals surface area contributed by atoms with Crippen molar-refractivity contribution >= 4 is 10.9 Å². The van der Waals surface area contributed by atoms with Crippen molar-refractivity contribution in [3.63, 3.8) is 0 Å². The van der Waals surface area contributed by atoms with Crippen LogP contribution in [0.3, 0.4) is 0 Å². The standard InChI is InChI=1S/C16H31OS/c1-4-5-6-7-8-9-10-12-15(2)18(3)16-13-11-14-17-16/h16H,2,4-14H2,1,3H3/q+1. The summed E-state index contributed by atoms with van der Waals surface area (Å²) in [4.78, 5) is 1.44. The van der Waals surface area contributed by atoms with E-state index in [0.29, 0.717) is 5.44 Å². The predicted molar refractivity (Wildman–Crippen MR) is 84.0 cm³/mol. The maximum absolute atomic E-state index is 5.76. The number of allylic oxidation sites excluding steroid dienone is 1. The molecule has 0 bridgehead atoms. The first-order valence-corrected chi connectivity index (χ1v) is 9.39. The third-order valence-corrected chi connectivity index (χ3v) is 6.07. The van der Waals surface area contributed by atoms with Gasteiger partial charge in [0.05, 0.1) is 6.61 Å². The van der Waals surface area contributed by atoms with Gasteiger partial charge in [-0.1, -0.05) is 45.4 Å². The van der Waals surface area contributed by atoms with E-state index in [4.69, 9.17) is 4.74 Å². The largest absolute Gasteiger partial charge is 0.333 e. The Bertz CT molecular complexity index is 221. The van der Waals surface area contributed by atoms with Gasteiger partial charge in [0, 0.05) is 23.7 Å². The fourth-order valence-corrected chi connectivity index (χ4v) is 4.11. The highest BCUT2D eigenvalue weighted by Crippen LogP contribution is 2.26. The monoisotopic (exact) mass is 271 g/mol. The first-order chi connectivity index (χ1) is 8.75. The molecule has 1 nitrogen and oxygen atoms in total. The zero-order valence-corrected chi connectivity index (χ0v) is 13.2. The van der Waals surface area contributed by atoms with E-state index in [1.165, 1.54) is 69.1 Å². The predicted octanol–water partition coefficient (Wildman–Crippen LogP) is 5.03. The minimum atomic E-state index is 0.283. The molecule has 18 heavy (non-hydrogen) atoms. The fourth-order valence-electron chi connectivity index (χ4n) is 2.45. The van der Waals surface area contributed by atoms with Crippen molar-refractivity contribution in [3.05, 3.63) is 11.5 Å². The molecule has 0 radical (unpaired) electrons. The van der Waals surface area contributed by atoms with Gasteiger partial charge in [0.1, 0.15) is 11.2 Å². The molecule has 1 fully saturated rings. The average Bonchev–Trinajstić information content (AvgIpc) is 2.90. The summed E-state index contributed by atoms with van der Waals surface area (Å²) >= 11 is 0. The molecule has 2 heteroatoms. The number of unbranched alkanes of at least 4 members (excludes halogenated alkanes) is 6. The van der Waals surface area contributed by atoms with Crippen LogP contribution in [-0.4, -0.2) is 18.3 Å². The molecule has 2 unspecified atom stereocenters. The molecular weight excluding hydrogens is 240 g/mol. The van der Waals surface area contributed by atoms with Crippen LogP contribution in [0.4, 0.5) is 0 Å². The molecule has 1 saturated heterocycles. The second-order valence-corrected chi connectivity index (χ2v) is 7.63. The molecule has 1 aliphatic rings. The molecule has 2 atom stereocenters. The summed E-state index contributed by atoms with van der Waals surface area (Å²) in [5.74, 6) is 0. The number of ether oxygens (including phenoxy) is 1. The zero-order valence-electron chi connectivity index (χ0n) is 12.4. The number of hydrogen-bond donors (Lipinski definition) is 0. The van der Waals surface area contributed by atoms with Crippen molar-refractivity contribution in [1.29, 1.82) is 0 Å². The normalized spacial score (nSPS) is 21.1. The van der Waals surface area contributed by atoms with Gasteiger partial charge in [-0.05, 0) is 19.4 Å². The second kappa shape index (κ2) is 9.91. The number of rotatable bonds is 10. The maximum atomic E-state index is 5.76. The van der Waals surface area contributed by atoms with E-state index in [2.05, 4.69) is 19.8 Å². The van der Waals surface area contributed by atoms with Crippen LogP contribution >= 0.6 is 0 Å². The summed E-state index contributed by atoms with van der Waals surface area (Å²) in [5.41, 5.74) is 0.488. The SMILES string of the molecule is C=C(CCCCCCCCC)[S+](C)C1CCCO1. The van der Waals surface area contributed by atoms with Gasteiger partial charge in [-0.3, -0.25) is 0 Å². The highest BCUT2D eigenvalue weighted by molar-refractivity contribution is 8.00. The third kappa shape index (κ3) is 6.29. The van der Waals surface area contributed by atoms with Crippen molar-refractivity contribution in [1.82, 2.24) is 0 Å². The Balaban J connectivity index is 1.99. The summed E-state index contributed by atoms with van der Waals surface area (Å²) in [6, 6.07) is 0. The Kier molecular flexibility index (Phi) is 8.87. The summed E-state index contributed by atoms with van der Waals surface area (Å²) < 4.78 is 5.76. The molecule has 0 N–H and O–H groups in total. The lowest BCUT2D eigenvalue weighted by Crippen LogP contribution is -2.20. The van der Waals surface area contributed by atoms with Crippen molar-refractivity contribution in [2.75, 3.05) is 12.9 Å². The highest BCUT2D eigenvalue weighted by atomic mass is 32.2. The van der Waals surface area contributed by atoms with Crippen LogP contribution < -0.4 is 0 Å². The molecule has 0 aromatic heterocycles. The van der Waals surface area contributed by atoms with Crippen LogP contribution in [-0.2, 0) is 15.6 Å². The Morgan fingerprint density at radius 1 is 1.17 bits per heavy atom. The minimum absolute atomic E-state index is 0.283. The topological polar surface area (TPSA) is 9.23 Å². The van der Waals surface area contributed by atoms with Gasteiger partial charge in [-0.25, -0.2) is 0 Å². The Labute approximate surface area is 117 Å². The summed E-state index contributed by atoms with van der Waals surface area (Å²) in [6.45, 7) is 7.52. The molecule has 0 spiro atoms. The Hall–Kier alpha value is 0.0500. The molecule has 1 aliphatic heterocycles. The molecule has 0 amide bonds. The van der Waals surface area contributed by atoms with E-state index in [9.17, 15) is 0 Å². The molecule has 1 rings (SSSR count). The van der Waals surface area contributed by atoms with E-state index in [-0.39, 0.29) is 10.9 Å². The van der Waals surface area contributed by atoms with E-state index in [0.717, 1.165) is 6.61 Å². The minimum Gasteiger partial charge on any atom is -0.333 e. The lowest BCUT2D eigenvalue weighted by atomic mass is 10.1. The first kappa shape index (κ1) is 16.1. The van der Waals surface area contributed by atoms with Gasteiger partial charge < -0.3 is 4.74 Å². The summed E-state index contributed by atoms with van der Waals surface area (Å²) in [6.07, 6.45) is 15.7. The van der Waals surface area contributed by atoms with E-state index < -0.39 is 0 Å². The molecule has 0 saturated carbocycles. The second-order valence-electron chi connectivity index (χ2n) is 5.41. The average molecular weight is 271 g/mol. The van der Waals surface area contributed by atoms with Crippen molar-refractivity contribution in [2.24, 2.45) is 0 Å². The first-order valence-electron chi connectivity index (χ1n) is 7.69. The lowest BCUT2D eigenvalue weighted by Gasteiger charge is -2.11. The van der Waals surface area contributed by atoms with Crippen LogP contribution in [0.25, 0.3) is 0 Å². The van der Waals surface area contributed by atoms with Gasteiger partial charge in [-0.2, -0.15) is 0 Å². The van der Waals surface area contributed by atoms with Gasteiger partial charge >= 0.3 is 0 Å². The summed E-state index contributed by atoms with van der Waals surface area (Å²) in [5, 5.41) is 0. The van der Waals surface area contributed by atoms with E-state index in [1.54, 1.807) is 0 Å². The van der Waals surface area contributed by atoms with Gasteiger partial charge in [0.25, 0.3) is 0 Å². The molecule has 106 valence electrons.